The van der Waals surface area contributed by atoms with Crippen LogP contribution in [0.25, 0.3) is 0 Å². The Balaban J connectivity index is 1.65. The lowest BCUT2D eigenvalue weighted by atomic mass is 9.84. The van der Waals surface area contributed by atoms with E-state index in [4.69, 9.17) is 10.5 Å². The van der Waals surface area contributed by atoms with Gasteiger partial charge in [-0.3, -0.25) is 9.59 Å². The number of amides is 2. The van der Waals surface area contributed by atoms with Crippen molar-refractivity contribution in [2.45, 2.75) is 56.7 Å². The van der Waals surface area contributed by atoms with Crippen LogP contribution >= 0.6 is 0 Å². The van der Waals surface area contributed by atoms with Crippen molar-refractivity contribution in [1.82, 2.24) is 10.2 Å². The number of nitrogens with one attached hydrogen (secondary N) is 1. The van der Waals surface area contributed by atoms with Crippen molar-refractivity contribution in [3.63, 3.8) is 0 Å². The molecule has 1 unspecified atom stereocenters. The summed E-state index contributed by atoms with van der Waals surface area (Å²) < 4.78 is 44.3. The Bertz CT molecular complexity index is 1030. The molecule has 0 aromatic heterocycles. The van der Waals surface area contributed by atoms with Gasteiger partial charge in [0.15, 0.2) is 0 Å². The van der Waals surface area contributed by atoms with Crippen LogP contribution in [0.3, 0.4) is 0 Å². The molecule has 10 heteroatoms. The molecule has 1 heterocycles. The molecule has 0 bridgehead atoms. The number of benzene rings is 2. The highest BCUT2D eigenvalue weighted by atomic mass is 19.4. The second-order valence-electron chi connectivity index (χ2n) is 9.68. The van der Waals surface area contributed by atoms with E-state index >= 15 is 0 Å². The van der Waals surface area contributed by atoms with E-state index in [1.165, 1.54) is 30.9 Å². The van der Waals surface area contributed by atoms with Crippen LogP contribution in [0.5, 0.6) is 0 Å². The van der Waals surface area contributed by atoms with E-state index in [9.17, 15) is 27.9 Å². The summed E-state index contributed by atoms with van der Waals surface area (Å²) in [6.07, 6.45) is -4.19. The third kappa shape index (κ3) is 7.05. The average molecular weight is 508 g/mol. The highest BCUT2D eigenvalue weighted by Crippen LogP contribution is 2.35. The Hall–Kier alpha value is -2.95. The van der Waals surface area contributed by atoms with Crippen molar-refractivity contribution in [3.8, 4) is 0 Å². The first-order valence-corrected chi connectivity index (χ1v) is 11.7. The molecule has 1 aliphatic heterocycles. The second-order valence-corrected chi connectivity index (χ2v) is 9.68. The number of likely N-dealkylation sites (tertiary alicyclic amines) is 1. The molecule has 1 atom stereocenters. The van der Waals surface area contributed by atoms with Gasteiger partial charge in [-0.25, -0.2) is 0 Å². The monoisotopic (exact) mass is 507 g/mol. The van der Waals surface area contributed by atoms with Crippen LogP contribution in [-0.4, -0.2) is 53.1 Å². The number of aliphatic hydroxyl groups is 1. The molecule has 0 spiro atoms. The average Bonchev–Trinajstić information content (AvgIpc) is 2.83. The third-order valence-electron chi connectivity index (χ3n) is 6.24. The summed E-state index contributed by atoms with van der Waals surface area (Å²) in [4.78, 5) is 27.3. The van der Waals surface area contributed by atoms with Crippen LogP contribution < -0.4 is 11.1 Å². The Morgan fingerprint density at radius 2 is 1.67 bits per heavy atom. The van der Waals surface area contributed by atoms with Crippen molar-refractivity contribution in [3.05, 3.63) is 71.3 Å². The molecule has 1 fully saturated rings. The van der Waals surface area contributed by atoms with Crippen molar-refractivity contribution in [1.29, 1.82) is 0 Å². The summed E-state index contributed by atoms with van der Waals surface area (Å²) in [5, 5.41) is 13.7. The zero-order valence-electron chi connectivity index (χ0n) is 20.3. The van der Waals surface area contributed by atoms with Gasteiger partial charge in [-0.2, -0.15) is 13.2 Å². The smallest absolute Gasteiger partial charge is 0.385 e. The standard InChI is InChI=1S/C26H32F3N3O4/c1-24(2,30)23(34)31-21(17-36-16-18-6-4-3-5-7-18)22(33)32-14-12-25(35,13-15-32)19-8-10-20(11-9-19)26(27,28)29/h3-11,21,35H,12-17,30H2,1-2H3,(H,31,34). The van der Waals surface area contributed by atoms with Gasteiger partial charge in [-0.15, -0.1) is 0 Å². The molecule has 4 N–H and O–H groups in total. The van der Waals surface area contributed by atoms with Gasteiger partial charge in [0, 0.05) is 13.1 Å². The van der Waals surface area contributed by atoms with Crippen molar-refractivity contribution in [2.24, 2.45) is 5.73 Å². The number of nitrogens with zero attached hydrogens (tertiary/aromatic N) is 1. The molecule has 0 saturated carbocycles. The van der Waals surface area contributed by atoms with E-state index in [-0.39, 0.29) is 45.1 Å². The zero-order chi connectivity index (χ0) is 26.6. The summed E-state index contributed by atoms with van der Waals surface area (Å²) >= 11 is 0. The molecule has 1 aliphatic rings. The van der Waals surface area contributed by atoms with Crippen LogP contribution in [0.2, 0.25) is 0 Å². The molecule has 1 saturated heterocycles. The largest absolute Gasteiger partial charge is 0.416 e. The maximum absolute atomic E-state index is 13.3. The molecular formula is C26H32F3N3O4. The Morgan fingerprint density at radius 3 is 2.19 bits per heavy atom. The van der Waals surface area contributed by atoms with Gasteiger partial charge in [0.05, 0.1) is 29.9 Å². The van der Waals surface area contributed by atoms with Crippen molar-refractivity contribution >= 4 is 11.8 Å². The lowest BCUT2D eigenvalue weighted by molar-refractivity contribution is -0.143. The molecule has 3 rings (SSSR count). The molecular weight excluding hydrogens is 475 g/mol. The van der Waals surface area contributed by atoms with Crippen LogP contribution in [0, 0.1) is 0 Å². The first-order chi connectivity index (χ1) is 16.8. The SMILES string of the molecule is CC(C)(N)C(=O)NC(COCc1ccccc1)C(=O)N1CCC(O)(c2ccc(C(F)(F)F)cc2)CC1. The number of nitrogens with two attached hydrogens (primary N) is 1. The summed E-state index contributed by atoms with van der Waals surface area (Å²) in [5.41, 5.74) is 3.80. The fourth-order valence-corrected chi connectivity index (χ4v) is 3.96. The van der Waals surface area contributed by atoms with Crippen LogP contribution in [0.15, 0.2) is 54.6 Å². The summed E-state index contributed by atoms with van der Waals surface area (Å²) in [7, 11) is 0. The number of piperidine rings is 1. The first kappa shape index (κ1) is 27.6. The summed E-state index contributed by atoms with van der Waals surface area (Å²) in [6.45, 7) is 3.55. The minimum Gasteiger partial charge on any atom is -0.385 e. The van der Waals surface area contributed by atoms with E-state index in [1.807, 2.05) is 30.3 Å². The highest BCUT2D eigenvalue weighted by Gasteiger charge is 2.39. The number of rotatable bonds is 8. The minimum atomic E-state index is -4.46. The number of carbonyl (C=O) groups is 2. The van der Waals surface area contributed by atoms with E-state index in [0.717, 1.165) is 17.7 Å². The topological polar surface area (TPSA) is 105 Å². The van der Waals surface area contributed by atoms with E-state index in [2.05, 4.69) is 5.32 Å². The highest BCUT2D eigenvalue weighted by molar-refractivity contribution is 5.91. The quantitative estimate of drug-likeness (QED) is 0.510. The fourth-order valence-electron chi connectivity index (χ4n) is 3.96. The van der Waals surface area contributed by atoms with E-state index in [0.29, 0.717) is 5.56 Å². The number of ether oxygens (including phenoxy) is 1. The van der Waals surface area contributed by atoms with Gasteiger partial charge in [-0.05, 0) is 49.9 Å². The lowest BCUT2D eigenvalue weighted by Crippen LogP contribution is -2.59. The van der Waals surface area contributed by atoms with E-state index in [1.54, 1.807) is 0 Å². The first-order valence-electron chi connectivity index (χ1n) is 11.7. The molecule has 0 aliphatic carbocycles. The van der Waals surface area contributed by atoms with Gasteiger partial charge >= 0.3 is 6.18 Å². The van der Waals surface area contributed by atoms with Crippen molar-refractivity contribution < 1.29 is 32.6 Å². The fraction of sp³-hybridized carbons (Fsp3) is 0.462. The normalized spacial score (nSPS) is 16.9. The minimum absolute atomic E-state index is 0.0742. The third-order valence-corrected chi connectivity index (χ3v) is 6.24. The van der Waals surface area contributed by atoms with Gasteiger partial charge in [0.2, 0.25) is 11.8 Å². The van der Waals surface area contributed by atoms with Crippen LogP contribution in [-0.2, 0) is 32.7 Å². The van der Waals surface area contributed by atoms with Gasteiger partial charge < -0.3 is 25.8 Å². The summed E-state index contributed by atoms with van der Waals surface area (Å²) in [5.74, 6) is -0.891. The number of halogens is 3. The zero-order valence-corrected chi connectivity index (χ0v) is 20.3. The Morgan fingerprint density at radius 1 is 1.08 bits per heavy atom. The maximum atomic E-state index is 13.3. The molecule has 7 nitrogen and oxygen atoms in total. The molecule has 196 valence electrons. The Kier molecular flexibility index (Phi) is 8.43. The number of carbonyl (C=O) groups excluding carboxylic acids is 2. The molecule has 0 radical (unpaired) electrons. The molecule has 36 heavy (non-hydrogen) atoms. The van der Waals surface area contributed by atoms with Crippen LogP contribution in [0.4, 0.5) is 13.2 Å². The molecule has 2 amide bonds. The predicted molar refractivity (Wildman–Crippen MR) is 127 cm³/mol. The molecule has 2 aromatic carbocycles. The number of hydrogen-bond donors (Lipinski definition) is 3. The van der Waals surface area contributed by atoms with E-state index < -0.39 is 34.8 Å². The van der Waals surface area contributed by atoms with Gasteiger partial charge in [0.1, 0.15) is 6.04 Å². The predicted octanol–water partition coefficient (Wildman–Crippen LogP) is 2.95. The number of alkyl halides is 3. The Labute approximate surface area is 208 Å². The number of hydrogen-bond acceptors (Lipinski definition) is 5. The van der Waals surface area contributed by atoms with Gasteiger partial charge in [0.25, 0.3) is 0 Å². The second kappa shape index (κ2) is 11.0. The maximum Gasteiger partial charge on any atom is 0.416 e. The van der Waals surface area contributed by atoms with Crippen LogP contribution in [0.1, 0.15) is 43.4 Å². The lowest BCUT2D eigenvalue weighted by Gasteiger charge is -2.40. The summed E-state index contributed by atoms with van der Waals surface area (Å²) in [6, 6.07) is 12.8. The molecule has 2 aromatic rings. The van der Waals surface area contributed by atoms with Gasteiger partial charge in [-0.1, -0.05) is 42.5 Å². The van der Waals surface area contributed by atoms with Crippen molar-refractivity contribution in [2.75, 3.05) is 19.7 Å².